The lowest BCUT2D eigenvalue weighted by molar-refractivity contribution is 0.0858. The fourth-order valence-corrected chi connectivity index (χ4v) is 5.62. The number of methoxy groups -OCH3 is 1. The summed E-state index contributed by atoms with van der Waals surface area (Å²) in [6, 6.07) is 4.94. The highest BCUT2D eigenvalue weighted by Crippen LogP contribution is 2.49. The second-order valence-corrected chi connectivity index (χ2v) is 10.8. The Morgan fingerprint density at radius 3 is 2.45 bits per heavy atom. The maximum absolute atomic E-state index is 14.8. The van der Waals surface area contributed by atoms with E-state index in [0.717, 1.165) is 0 Å². The first kappa shape index (κ1) is 24.1. The predicted molar refractivity (Wildman–Crippen MR) is 117 cm³/mol. The van der Waals surface area contributed by atoms with Gasteiger partial charge in [-0.2, -0.15) is 0 Å². The molecule has 3 rings (SSSR count). The third kappa shape index (κ3) is 4.94. The molecule has 0 aromatic heterocycles. The van der Waals surface area contributed by atoms with Gasteiger partial charge in [0.25, 0.3) is 0 Å². The Morgan fingerprint density at radius 2 is 1.90 bits per heavy atom. The van der Waals surface area contributed by atoms with Gasteiger partial charge in [0.05, 0.1) is 30.3 Å². The van der Waals surface area contributed by atoms with E-state index in [1.54, 1.807) is 6.07 Å². The Kier molecular flexibility index (Phi) is 7.08. The van der Waals surface area contributed by atoms with Crippen molar-refractivity contribution >= 4 is 38.3 Å². The van der Waals surface area contributed by atoms with Crippen molar-refractivity contribution in [1.29, 1.82) is 0 Å². The zero-order chi connectivity index (χ0) is 23.0. The number of halogens is 4. The Balaban J connectivity index is 2.06. The van der Waals surface area contributed by atoms with E-state index in [-0.39, 0.29) is 36.3 Å². The monoisotopic (exact) mass is 571 g/mol. The summed E-state index contributed by atoms with van der Waals surface area (Å²) < 4.78 is 76.0. The van der Waals surface area contributed by atoms with Crippen LogP contribution in [0.2, 0.25) is 0 Å². The van der Waals surface area contributed by atoms with Crippen LogP contribution in [0.15, 0.2) is 24.3 Å². The summed E-state index contributed by atoms with van der Waals surface area (Å²) in [5.41, 5.74) is -0.688. The molecule has 0 spiro atoms. The van der Waals surface area contributed by atoms with Gasteiger partial charge >= 0.3 is 0 Å². The molecular weight excluding hydrogens is 550 g/mol. The fraction of sp³-hybridized carbons (Fsp3) is 0.400. The van der Waals surface area contributed by atoms with E-state index in [2.05, 4.69) is 4.72 Å². The molecule has 2 aromatic carbocycles. The van der Waals surface area contributed by atoms with Crippen molar-refractivity contribution in [3.05, 3.63) is 56.4 Å². The van der Waals surface area contributed by atoms with E-state index in [1.807, 2.05) is 22.6 Å². The molecule has 2 aromatic rings. The molecular formula is C20H21F3INO5S. The average Bonchev–Trinajstić information content (AvgIpc) is 3.50. The van der Waals surface area contributed by atoms with Gasteiger partial charge in [-0.05, 0) is 59.5 Å². The summed E-state index contributed by atoms with van der Waals surface area (Å²) in [6.45, 7) is -0.608. The van der Waals surface area contributed by atoms with Crippen LogP contribution in [0.3, 0.4) is 0 Å². The van der Waals surface area contributed by atoms with E-state index >= 15 is 0 Å². The number of rotatable bonds is 9. The molecule has 31 heavy (non-hydrogen) atoms. The Bertz CT molecular complexity index is 1090. The number of aliphatic hydroxyl groups is 2. The van der Waals surface area contributed by atoms with Crippen molar-refractivity contribution in [2.45, 2.75) is 36.5 Å². The Morgan fingerprint density at radius 1 is 1.23 bits per heavy atom. The van der Waals surface area contributed by atoms with Crippen molar-refractivity contribution in [1.82, 2.24) is 0 Å². The minimum atomic E-state index is -4.19. The molecule has 0 saturated heterocycles. The first-order valence-electron chi connectivity index (χ1n) is 9.33. The van der Waals surface area contributed by atoms with Crippen LogP contribution in [-0.2, 0) is 16.4 Å². The number of anilines is 1. The van der Waals surface area contributed by atoms with Gasteiger partial charge in [-0.1, -0.05) is 6.07 Å². The normalized spacial score (nSPS) is 16.1. The molecule has 0 bridgehead atoms. The molecule has 1 atom stereocenters. The molecule has 6 nitrogen and oxygen atoms in total. The minimum absolute atomic E-state index is 0.0456. The van der Waals surface area contributed by atoms with Gasteiger partial charge in [0.2, 0.25) is 10.0 Å². The third-order valence-corrected chi connectivity index (χ3v) is 8.17. The lowest BCUT2D eigenvalue weighted by Gasteiger charge is -2.23. The summed E-state index contributed by atoms with van der Waals surface area (Å²) in [7, 11) is -3.02. The summed E-state index contributed by atoms with van der Waals surface area (Å²) in [5, 5.41) is 18.8. The number of ether oxygens (including phenoxy) is 1. The lowest BCUT2D eigenvalue weighted by atomic mass is 10.0. The van der Waals surface area contributed by atoms with Gasteiger partial charge in [0.15, 0.2) is 11.6 Å². The molecule has 0 amide bonds. The number of aliphatic hydroxyl groups excluding tert-OH is 2. The highest BCUT2D eigenvalue weighted by Gasteiger charge is 2.55. The molecule has 170 valence electrons. The molecule has 11 heteroatoms. The highest BCUT2D eigenvalue weighted by atomic mass is 127. The molecule has 1 unspecified atom stereocenters. The molecule has 0 radical (unpaired) electrons. The van der Waals surface area contributed by atoms with E-state index in [4.69, 9.17) is 9.84 Å². The third-order valence-electron chi connectivity index (χ3n) is 5.32. The second kappa shape index (κ2) is 9.12. The van der Waals surface area contributed by atoms with Crippen LogP contribution in [0.4, 0.5) is 18.9 Å². The number of sulfonamides is 1. The van der Waals surface area contributed by atoms with Crippen LogP contribution in [0.5, 0.6) is 5.75 Å². The Hall–Kier alpha value is -1.57. The molecule has 1 aliphatic rings. The topological polar surface area (TPSA) is 95.9 Å². The SMILES string of the molecule is COc1cc(F)c(F)c(Cc2ccc(I)cc2F)c1NS(=O)(=O)C1(CC(O)CO)CC1. The van der Waals surface area contributed by atoms with E-state index in [1.165, 1.54) is 19.2 Å². The summed E-state index contributed by atoms with van der Waals surface area (Å²) in [6.07, 6.45) is -1.43. The molecule has 0 aliphatic heterocycles. The van der Waals surface area contributed by atoms with Crippen molar-refractivity contribution < 1.29 is 36.5 Å². The van der Waals surface area contributed by atoms with E-state index in [9.17, 15) is 26.7 Å². The van der Waals surface area contributed by atoms with Gasteiger partial charge in [-0.15, -0.1) is 0 Å². The van der Waals surface area contributed by atoms with Gasteiger partial charge in [0.1, 0.15) is 11.6 Å². The summed E-state index contributed by atoms with van der Waals surface area (Å²) in [4.78, 5) is 0. The summed E-state index contributed by atoms with van der Waals surface area (Å²) >= 11 is 1.91. The maximum Gasteiger partial charge on any atom is 0.238 e. The van der Waals surface area contributed by atoms with Crippen LogP contribution in [0.1, 0.15) is 30.4 Å². The van der Waals surface area contributed by atoms with Gasteiger partial charge in [0, 0.05) is 21.6 Å². The van der Waals surface area contributed by atoms with Crippen LogP contribution in [0, 0.1) is 21.0 Å². The molecule has 1 fully saturated rings. The second-order valence-electron chi connectivity index (χ2n) is 7.47. The molecule has 3 N–H and O–H groups in total. The zero-order valence-electron chi connectivity index (χ0n) is 16.5. The van der Waals surface area contributed by atoms with E-state index < -0.39 is 56.9 Å². The molecule has 1 aliphatic carbocycles. The molecule has 1 saturated carbocycles. The number of hydrogen-bond acceptors (Lipinski definition) is 5. The van der Waals surface area contributed by atoms with Crippen molar-refractivity contribution in [3.63, 3.8) is 0 Å². The van der Waals surface area contributed by atoms with Gasteiger partial charge < -0.3 is 14.9 Å². The quantitative estimate of drug-likeness (QED) is 0.402. The lowest BCUT2D eigenvalue weighted by Crippen LogP contribution is -2.34. The molecule has 0 heterocycles. The van der Waals surface area contributed by atoms with E-state index in [0.29, 0.717) is 9.64 Å². The van der Waals surface area contributed by atoms with Crippen molar-refractivity contribution in [2.24, 2.45) is 0 Å². The number of nitrogens with one attached hydrogen (secondary N) is 1. The smallest absolute Gasteiger partial charge is 0.238 e. The van der Waals surface area contributed by atoms with Crippen LogP contribution >= 0.6 is 22.6 Å². The standard InChI is InChI=1S/C20H21F3INO5S/c1-30-17-8-16(22)18(23)14(6-11-2-3-12(24)7-15(11)21)19(17)25-31(28,29)20(4-5-20)9-13(27)10-26/h2-3,7-8,13,25-27H,4-6,9-10H2,1H3. The fourth-order valence-electron chi connectivity index (χ4n) is 3.41. The van der Waals surface area contributed by atoms with Gasteiger partial charge in [-0.3, -0.25) is 4.72 Å². The van der Waals surface area contributed by atoms with Crippen LogP contribution in [-0.4, -0.2) is 43.2 Å². The van der Waals surface area contributed by atoms with Crippen LogP contribution < -0.4 is 9.46 Å². The van der Waals surface area contributed by atoms with Crippen molar-refractivity contribution in [2.75, 3.05) is 18.4 Å². The zero-order valence-corrected chi connectivity index (χ0v) is 19.4. The highest BCUT2D eigenvalue weighted by molar-refractivity contribution is 14.1. The summed E-state index contributed by atoms with van der Waals surface area (Å²) in [5.74, 6) is -3.50. The largest absolute Gasteiger partial charge is 0.494 e. The predicted octanol–water partition coefficient (Wildman–Crippen LogP) is 3.33. The number of hydrogen-bond donors (Lipinski definition) is 3. The average molecular weight is 571 g/mol. The van der Waals surface area contributed by atoms with Crippen molar-refractivity contribution in [3.8, 4) is 5.75 Å². The van der Waals surface area contributed by atoms with Crippen LogP contribution in [0.25, 0.3) is 0 Å². The van der Waals surface area contributed by atoms with Gasteiger partial charge in [-0.25, -0.2) is 21.6 Å². The number of benzene rings is 2. The maximum atomic E-state index is 14.8. The first-order valence-corrected chi connectivity index (χ1v) is 11.9. The Labute approximate surface area is 191 Å². The first-order chi connectivity index (χ1) is 14.5. The minimum Gasteiger partial charge on any atom is -0.494 e.